The van der Waals surface area contributed by atoms with Gasteiger partial charge in [-0.05, 0) is 38.3 Å². The molecule has 0 bridgehead atoms. The number of aryl methyl sites for hydroxylation is 1. The van der Waals surface area contributed by atoms with E-state index in [0.717, 1.165) is 68.1 Å². The molecule has 0 aliphatic carbocycles. The number of methoxy groups -OCH3 is 1. The Kier molecular flexibility index (Phi) is 8.17. The van der Waals surface area contributed by atoms with Crippen LogP contribution in [-0.4, -0.2) is 53.5 Å². The number of halogens is 1. The van der Waals surface area contributed by atoms with Gasteiger partial charge in [-0.2, -0.15) is 0 Å². The van der Waals surface area contributed by atoms with Crippen molar-refractivity contribution in [2.24, 2.45) is 4.99 Å². The topological polar surface area (TPSA) is 79.6 Å². The van der Waals surface area contributed by atoms with Crippen LogP contribution in [0, 0.1) is 0 Å². The zero-order valence-corrected chi connectivity index (χ0v) is 20.1. The Morgan fingerprint density at radius 2 is 2.10 bits per heavy atom. The van der Waals surface area contributed by atoms with E-state index in [1.54, 1.807) is 7.11 Å². The lowest BCUT2D eigenvalue weighted by atomic mass is 10.2. The fraction of sp³-hybridized carbons (Fsp3) is 0.571. The van der Waals surface area contributed by atoms with Crippen LogP contribution in [0.4, 0.5) is 5.69 Å². The number of benzene rings is 1. The summed E-state index contributed by atoms with van der Waals surface area (Å²) in [4.78, 5) is 7.16. The summed E-state index contributed by atoms with van der Waals surface area (Å²) in [6, 6.07) is 8.54. The molecule has 2 aromatic rings. The molecule has 1 saturated heterocycles. The second-order valence-electron chi connectivity index (χ2n) is 7.58. The van der Waals surface area contributed by atoms with Crippen LogP contribution in [0.2, 0.25) is 0 Å². The van der Waals surface area contributed by atoms with Gasteiger partial charge in [-0.3, -0.25) is 0 Å². The summed E-state index contributed by atoms with van der Waals surface area (Å²) in [5.41, 5.74) is 1.15. The molecule has 2 aliphatic rings. The van der Waals surface area contributed by atoms with Crippen LogP contribution in [0.3, 0.4) is 0 Å². The van der Waals surface area contributed by atoms with Gasteiger partial charge in [0.25, 0.3) is 0 Å². The summed E-state index contributed by atoms with van der Waals surface area (Å²) in [7, 11) is 1.73. The van der Waals surface area contributed by atoms with Crippen LogP contribution >= 0.6 is 24.0 Å². The van der Waals surface area contributed by atoms with Crippen LogP contribution in [0.15, 0.2) is 29.3 Å². The molecule has 3 heterocycles. The van der Waals surface area contributed by atoms with E-state index in [1.807, 2.05) is 12.1 Å². The third kappa shape index (κ3) is 5.16. The van der Waals surface area contributed by atoms with Gasteiger partial charge >= 0.3 is 0 Å². The first-order valence-corrected chi connectivity index (χ1v) is 10.6. The van der Waals surface area contributed by atoms with E-state index < -0.39 is 0 Å². The maximum absolute atomic E-state index is 5.52. The van der Waals surface area contributed by atoms with Gasteiger partial charge in [-0.1, -0.05) is 12.1 Å². The lowest BCUT2D eigenvalue weighted by molar-refractivity contribution is 0.415. The van der Waals surface area contributed by atoms with E-state index in [1.165, 1.54) is 12.8 Å². The van der Waals surface area contributed by atoms with Crippen molar-refractivity contribution >= 4 is 35.6 Å². The van der Waals surface area contributed by atoms with Gasteiger partial charge < -0.3 is 24.8 Å². The first kappa shape index (κ1) is 22.6. The van der Waals surface area contributed by atoms with Crippen LogP contribution in [0.5, 0.6) is 5.75 Å². The lowest BCUT2D eigenvalue weighted by Crippen LogP contribution is -2.44. The fourth-order valence-electron chi connectivity index (χ4n) is 4.14. The molecule has 0 saturated carbocycles. The average Bonchev–Trinajstić information content (AvgIpc) is 3.39. The van der Waals surface area contributed by atoms with Crippen molar-refractivity contribution in [3.8, 4) is 5.75 Å². The quantitative estimate of drug-likeness (QED) is 0.343. The number of nitrogens with zero attached hydrogens (tertiary/aromatic N) is 5. The molecule has 1 fully saturated rings. The minimum atomic E-state index is 0. The monoisotopic (exact) mass is 525 g/mol. The number of fused-ring (bicyclic) bond motifs is 1. The van der Waals surface area contributed by atoms with Crippen LogP contribution in [0.1, 0.15) is 37.8 Å². The zero-order valence-electron chi connectivity index (χ0n) is 17.8. The molecule has 30 heavy (non-hydrogen) atoms. The fourth-order valence-corrected chi connectivity index (χ4v) is 4.14. The molecule has 8 nitrogen and oxygen atoms in total. The molecule has 4 rings (SSSR count). The molecule has 0 amide bonds. The van der Waals surface area contributed by atoms with Gasteiger partial charge in [0.1, 0.15) is 18.1 Å². The highest BCUT2D eigenvalue weighted by molar-refractivity contribution is 14.0. The summed E-state index contributed by atoms with van der Waals surface area (Å²) in [6.07, 6.45) is 4.48. The molecule has 164 valence electrons. The summed E-state index contributed by atoms with van der Waals surface area (Å²) < 4.78 is 7.76. The number of ether oxygens (including phenoxy) is 1. The number of guanidine groups is 1. The maximum Gasteiger partial charge on any atom is 0.191 e. The molecule has 2 N–H and O–H groups in total. The van der Waals surface area contributed by atoms with E-state index in [4.69, 9.17) is 9.73 Å². The van der Waals surface area contributed by atoms with Crippen molar-refractivity contribution in [3.63, 3.8) is 0 Å². The highest BCUT2D eigenvalue weighted by atomic mass is 127. The van der Waals surface area contributed by atoms with Crippen molar-refractivity contribution in [1.29, 1.82) is 0 Å². The molecule has 1 aromatic heterocycles. The first-order chi connectivity index (χ1) is 14.3. The van der Waals surface area contributed by atoms with Crippen LogP contribution in [-0.2, 0) is 19.5 Å². The van der Waals surface area contributed by atoms with Gasteiger partial charge in [-0.15, -0.1) is 34.2 Å². The van der Waals surface area contributed by atoms with Crippen molar-refractivity contribution < 1.29 is 4.74 Å². The number of aliphatic imine (C=N–C) groups is 1. The number of hydrogen-bond donors (Lipinski definition) is 2. The molecule has 1 aromatic carbocycles. The Balaban J connectivity index is 0.00000256. The van der Waals surface area contributed by atoms with E-state index in [2.05, 4.69) is 49.4 Å². The van der Waals surface area contributed by atoms with Crippen LogP contribution < -0.4 is 20.3 Å². The van der Waals surface area contributed by atoms with Gasteiger partial charge in [0, 0.05) is 38.6 Å². The molecular weight excluding hydrogens is 493 g/mol. The Bertz CT molecular complexity index is 854. The summed E-state index contributed by atoms with van der Waals surface area (Å²) in [6.45, 7) is 6.39. The number of nitrogens with one attached hydrogen (secondary N) is 2. The van der Waals surface area contributed by atoms with Gasteiger partial charge in [0.15, 0.2) is 11.8 Å². The minimum absolute atomic E-state index is 0. The number of rotatable bonds is 6. The second kappa shape index (κ2) is 10.8. The Morgan fingerprint density at radius 3 is 2.93 bits per heavy atom. The van der Waals surface area contributed by atoms with E-state index in [-0.39, 0.29) is 24.0 Å². The van der Waals surface area contributed by atoms with Crippen molar-refractivity contribution in [2.45, 2.75) is 51.7 Å². The standard InChI is InChI=1S/C21H31N7O.HI/c1-3-22-21(23-14-20-26-25-19-10-6-7-12-28(19)20)24-16-11-13-27(15-16)17-8-4-5-9-18(17)29-2;/h4-5,8-9,16H,3,6-7,10-15H2,1-2H3,(H2,22,23,24);1H. The Morgan fingerprint density at radius 1 is 1.23 bits per heavy atom. The number of aromatic nitrogens is 3. The summed E-state index contributed by atoms with van der Waals surface area (Å²) in [5, 5.41) is 15.7. The summed E-state index contributed by atoms with van der Waals surface area (Å²) in [5.74, 6) is 3.82. The zero-order chi connectivity index (χ0) is 20.1. The Hall–Kier alpha value is -2.04. The molecule has 2 aliphatic heterocycles. The third-order valence-electron chi connectivity index (χ3n) is 5.61. The van der Waals surface area contributed by atoms with Gasteiger partial charge in [-0.25, -0.2) is 4.99 Å². The second-order valence-corrected chi connectivity index (χ2v) is 7.58. The van der Waals surface area contributed by atoms with E-state index in [9.17, 15) is 0 Å². The van der Waals surface area contributed by atoms with Crippen molar-refractivity contribution in [3.05, 3.63) is 35.9 Å². The number of hydrogen-bond acceptors (Lipinski definition) is 5. The molecule has 1 atom stereocenters. The SMILES string of the molecule is CCNC(=NCc1nnc2n1CCCC2)NC1CCN(c2ccccc2OC)C1.I. The predicted molar refractivity (Wildman–Crippen MR) is 130 cm³/mol. The van der Waals surface area contributed by atoms with E-state index in [0.29, 0.717) is 12.6 Å². The lowest BCUT2D eigenvalue weighted by Gasteiger charge is -2.22. The van der Waals surface area contributed by atoms with Gasteiger partial charge in [0.05, 0.1) is 12.8 Å². The summed E-state index contributed by atoms with van der Waals surface area (Å²) >= 11 is 0. The molecular formula is C21H32IN7O. The minimum Gasteiger partial charge on any atom is -0.495 e. The molecule has 1 unspecified atom stereocenters. The maximum atomic E-state index is 5.52. The number of para-hydroxylation sites is 2. The highest BCUT2D eigenvalue weighted by Gasteiger charge is 2.25. The molecule has 0 radical (unpaired) electrons. The number of anilines is 1. The van der Waals surface area contributed by atoms with Crippen molar-refractivity contribution in [1.82, 2.24) is 25.4 Å². The normalized spacial score (nSPS) is 18.5. The highest BCUT2D eigenvalue weighted by Crippen LogP contribution is 2.30. The molecule has 9 heteroatoms. The first-order valence-electron chi connectivity index (χ1n) is 10.6. The Labute approximate surface area is 195 Å². The smallest absolute Gasteiger partial charge is 0.191 e. The average molecular weight is 525 g/mol. The van der Waals surface area contributed by atoms with Crippen LogP contribution in [0.25, 0.3) is 0 Å². The van der Waals surface area contributed by atoms with E-state index >= 15 is 0 Å². The predicted octanol–water partition coefficient (Wildman–Crippen LogP) is 2.58. The molecule has 0 spiro atoms. The van der Waals surface area contributed by atoms with Gasteiger partial charge in [0.2, 0.25) is 0 Å². The third-order valence-corrected chi connectivity index (χ3v) is 5.61. The largest absolute Gasteiger partial charge is 0.495 e. The van der Waals surface area contributed by atoms with Crippen molar-refractivity contribution in [2.75, 3.05) is 31.6 Å².